The highest BCUT2D eigenvalue weighted by atomic mass is 16.5. The maximum Gasteiger partial charge on any atom is 0.119 e. The molecule has 0 amide bonds. The van der Waals surface area contributed by atoms with Gasteiger partial charge < -0.3 is 9.84 Å². The van der Waals surface area contributed by atoms with Gasteiger partial charge in [-0.25, -0.2) is 0 Å². The largest absolute Gasteiger partial charge is 0.491 e. The number of hydrogen-bond donors (Lipinski definition) is 1. The van der Waals surface area contributed by atoms with Crippen LogP contribution in [0.1, 0.15) is 32.3 Å². The van der Waals surface area contributed by atoms with E-state index in [0.717, 1.165) is 18.6 Å². The fourth-order valence-electron chi connectivity index (χ4n) is 1.96. The van der Waals surface area contributed by atoms with Crippen molar-refractivity contribution in [2.24, 2.45) is 0 Å². The quantitative estimate of drug-likeness (QED) is 0.845. The van der Waals surface area contributed by atoms with Gasteiger partial charge in [-0.2, -0.15) is 0 Å². The lowest BCUT2D eigenvalue weighted by atomic mass is 10.1. The molecule has 1 aromatic rings. The molecule has 1 atom stereocenters. The van der Waals surface area contributed by atoms with Gasteiger partial charge in [0.1, 0.15) is 5.75 Å². The molecule has 1 aliphatic rings. The average Bonchev–Trinajstić information content (AvgIpc) is 2.65. The lowest BCUT2D eigenvalue weighted by Crippen LogP contribution is -2.05. The Hall–Kier alpha value is -1.28. The average molecular weight is 218 g/mol. The van der Waals surface area contributed by atoms with E-state index in [2.05, 4.69) is 12.1 Å². The Labute approximate surface area is 96.6 Å². The first kappa shape index (κ1) is 11.2. The number of allylic oxidation sites excluding steroid dienone is 1. The lowest BCUT2D eigenvalue weighted by molar-refractivity contribution is 0.223. The predicted octanol–water partition coefficient (Wildman–Crippen LogP) is 3.01. The van der Waals surface area contributed by atoms with Gasteiger partial charge in [-0.1, -0.05) is 18.2 Å². The molecule has 0 radical (unpaired) electrons. The van der Waals surface area contributed by atoms with Crippen LogP contribution in [0, 0.1) is 0 Å². The molecule has 0 bridgehead atoms. The summed E-state index contributed by atoms with van der Waals surface area (Å²) in [6.07, 6.45) is 3.70. The van der Waals surface area contributed by atoms with Crippen LogP contribution in [0.3, 0.4) is 0 Å². The second-order valence-electron chi connectivity index (χ2n) is 4.49. The van der Waals surface area contributed by atoms with E-state index in [1.807, 2.05) is 32.1 Å². The SMILES string of the molecule is CC(C)Oc1ccc(C2=CC(O)CC2)cc1. The third-order valence-corrected chi connectivity index (χ3v) is 2.70. The molecule has 2 heteroatoms. The molecular weight excluding hydrogens is 200 g/mol. The first-order chi connectivity index (χ1) is 7.65. The first-order valence-electron chi connectivity index (χ1n) is 5.81. The van der Waals surface area contributed by atoms with Crippen molar-refractivity contribution in [1.29, 1.82) is 0 Å². The number of hydrogen-bond acceptors (Lipinski definition) is 2. The number of aliphatic hydroxyl groups is 1. The fourth-order valence-corrected chi connectivity index (χ4v) is 1.96. The summed E-state index contributed by atoms with van der Waals surface area (Å²) in [5, 5.41) is 9.43. The van der Waals surface area contributed by atoms with E-state index in [4.69, 9.17) is 4.74 Å². The second-order valence-corrected chi connectivity index (χ2v) is 4.49. The molecule has 0 heterocycles. The smallest absolute Gasteiger partial charge is 0.119 e. The minimum Gasteiger partial charge on any atom is -0.491 e. The summed E-state index contributed by atoms with van der Waals surface area (Å²) >= 11 is 0. The van der Waals surface area contributed by atoms with Gasteiger partial charge in [-0.05, 0) is 50.0 Å². The van der Waals surface area contributed by atoms with Gasteiger partial charge in [0.15, 0.2) is 0 Å². The number of rotatable bonds is 3. The summed E-state index contributed by atoms with van der Waals surface area (Å²) in [6, 6.07) is 8.09. The maximum absolute atomic E-state index is 9.43. The second kappa shape index (κ2) is 4.71. The molecule has 0 saturated carbocycles. The molecule has 1 N–H and O–H groups in total. The summed E-state index contributed by atoms with van der Waals surface area (Å²) in [5.41, 5.74) is 2.43. The Kier molecular flexibility index (Phi) is 3.30. The van der Waals surface area contributed by atoms with E-state index in [-0.39, 0.29) is 12.2 Å². The molecule has 0 aromatic heterocycles. The predicted molar refractivity (Wildman–Crippen MR) is 65.4 cm³/mol. The normalized spacial score (nSPS) is 20.0. The topological polar surface area (TPSA) is 29.5 Å². The maximum atomic E-state index is 9.43. The lowest BCUT2D eigenvalue weighted by Gasteiger charge is -2.10. The van der Waals surface area contributed by atoms with Crippen molar-refractivity contribution in [3.8, 4) is 5.75 Å². The Morgan fingerprint density at radius 2 is 1.94 bits per heavy atom. The molecule has 16 heavy (non-hydrogen) atoms. The number of aliphatic hydroxyl groups excluding tert-OH is 1. The third-order valence-electron chi connectivity index (χ3n) is 2.70. The minimum atomic E-state index is -0.262. The fraction of sp³-hybridized carbons (Fsp3) is 0.429. The van der Waals surface area contributed by atoms with Crippen molar-refractivity contribution in [3.63, 3.8) is 0 Å². The Morgan fingerprint density at radius 3 is 2.44 bits per heavy atom. The van der Waals surface area contributed by atoms with Crippen molar-refractivity contribution in [2.45, 2.75) is 38.9 Å². The summed E-state index contributed by atoms with van der Waals surface area (Å²) in [5.74, 6) is 0.901. The number of benzene rings is 1. The van der Waals surface area contributed by atoms with E-state index in [9.17, 15) is 5.11 Å². The van der Waals surface area contributed by atoms with E-state index in [1.165, 1.54) is 11.1 Å². The van der Waals surface area contributed by atoms with Crippen LogP contribution in [0.4, 0.5) is 0 Å². The van der Waals surface area contributed by atoms with Crippen LogP contribution < -0.4 is 4.74 Å². The molecule has 0 spiro atoms. The van der Waals surface area contributed by atoms with Gasteiger partial charge in [-0.3, -0.25) is 0 Å². The van der Waals surface area contributed by atoms with Crippen molar-refractivity contribution >= 4 is 5.57 Å². The highest BCUT2D eigenvalue weighted by molar-refractivity contribution is 5.68. The molecule has 0 saturated heterocycles. The van der Waals surface area contributed by atoms with Crippen molar-refractivity contribution < 1.29 is 9.84 Å². The van der Waals surface area contributed by atoms with Crippen LogP contribution in [0.25, 0.3) is 5.57 Å². The van der Waals surface area contributed by atoms with Gasteiger partial charge in [0.2, 0.25) is 0 Å². The standard InChI is InChI=1S/C14H18O2/c1-10(2)16-14-7-4-11(5-8-14)12-3-6-13(15)9-12/h4-5,7-10,13,15H,3,6H2,1-2H3. The highest BCUT2D eigenvalue weighted by Crippen LogP contribution is 2.29. The monoisotopic (exact) mass is 218 g/mol. The molecule has 1 aliphatic carbocycles. The number of ether oxygens (including phenoxy) is 1. The van der Waals surface area contributed by atoms with Gasteiger partial charge in [-0.15, -0.1) is 0 Å². The van der Waals surface area contributed by atoms with Gasteiger partial charge in [0.05, 0.1) is 12.2 Å². The van der Waals surface area contributed by atoms with Crippen LogP contribution in [0.5, 0.6) is 5.75 Å². The molecule has 86 valence electrons. The van der Waals surface area contributed by atoms with Crippen molar-refractivity contribution in [1.82, 2.24) is 0 Å². The molecular formula is C14H18O2. The minimum absolute atomic E-state index is 0.207. The Morgan fingerprint density at radius 1 is 1.25 bits per heavy atom. The molecule has 0 aliphatic heterocycles. The van der Waals surface area contributed by atoms with Crippen molar-refractivity contribution in [2.75, 3.05) is 0 Å². The summed E-state index contributed by atoms with van der Waals surface area (Å²) in [4.78, 5) is 0. The van der Waals surface area contributed by atoms with Crippen molar-refractivity contribution in [3.05, 3.63) is 35.9 Å². The summed E-state index contributed by atoms with van der Waals surface area (Å²) in [7, 11) is 0. The third kappa shape index (κ3) is 2.64. The molecule has 2 nitrogen and oxygen atoms in total. The van der Waals surface area contributed by atoms with Crippen LogP contribution in [-0.4, -0.2) is 17.3 Å². The Bertz CT molecular complexity index is 376. The molecule has 0 fully saturated rings. The molecule has 1 aromatic carbocycles. The summed E-state index contributed by atoms with van der Waals surface area (Å²) in [6.45, 7) is 4.04. The van der Waals surface area contributed by atoms with E-state index >= 15 is 0 Å². The Balaban J connectivity index is 2.10. The first-order valence-corrected chi connectivity index (χ1v) is 5.81. The van der Waals surface area contributed by atoms with E-state index < -0.39 is 0 Å². The van der Waals surface area contributed by atoms with E-state index in [0.29, 0.717) is 0 Å². The van der Waals surface area contributed by atoms with Gasteiger partial charge in [0.25, 0.3) is 0 Å². The van der Waals surface area contributed by atoms with Crippen LogP contribution >= 0.6 is 0 Å². The van der Waals surface area contributed by atoms with Crippen LogP contribution in [0.15, 0.2) is 30.3 Å². The van der Waals surface area contributed by atoms with E-state index in [1.54, 1.807) is 0 Å². The molecule has 2 rings (SSSR count). The molecule has 1 unspecified atom stereocenters. The van der Waals surface area contributed by atoms with Gasteiger partial charge in [0, 0.05) is 0 Å². The zero-order valence-corrected chi connectivity index (χ0v) is 9.81. The zero-order chi connectivity index (χ0) is 11.5. The van der Waals surface area contributed by atoms with Gasteiger partial charge >= 0.3 is 0 Å². The summed E-state index contributed by atoms with van der Waals surface area (Å²) < 4.78 is 5.58. The highest BCUT2D eigenvalue weighted by Gasteiger charge is 2.14. The van der Waals surface area contributed by atoms with Crippen LogP contribution in [0.2, 0.25) is 0 Å². The zero-order valence-electron chi connectivity index (χ0n) is 9.81. The van der Waals surface area contributed by atoms with Crippen LogP contribution in [-0.2, 0) is 0 Å².